The fourth-order valence-corrected chi connectivity index (χ4v) is 6.29. The number of carbonyl (C=O) groups excluding carboxylic acids is 1. The molecule has 1 aromatic heterocycles. The fourth-order valence-electron chi connectivity index (χ4n) is 6.29. The highest BCUT2D eigenvalue weighted by atomic mass is 16.5. The van der Waals surface area contributed by atoms with E-state index in [0.717, 1.165) is 55.4 Å². The van der Waals surface area contributed by atoms with Gasteiger partial charge >= 0.3 is 6.01 Å². The van der Waals surface area contributed by atoms with Gasteiger partial charge in [0, 0.05) is 5.56 Å². The Morgan fingerprint density at radius 1 is 1.10 bits per heavy atom. The van der Waals surface area contributed by atoms with E-state index < -0.39 is 0 Å². The molecule has 0 saturated heterocycles. The minimum atomic E-state index is -0.247. The van der Waals surface area contributed by atoms with Crippen LogP contribution in [0.3, 0.4) is 0 Å². The van der Waals surface area contributed by atoms with Crippen LogP contribution in [-0.4, -0.2) is 27.3 Å². The second-order valence-corrected chi connectivity index (χ2v) is 9.70. The number of hydrogen-bond donors (Lipinski definition) is 0. The number of benzene rings is 1. The van der Waals surface area contributed by atoms with Gasteiger partial charge in [0.1, 0.15) is 0 Å². The van der Waals surface area contributed by atoms with Crippen LogP contribution in [0.4, 0.5) is 0 Å². The van der Waals surface area contributed by atoms with Gasteiger partial charge in [-0.1, -0.05) is 43.2 Å². The van der Waals surface area contributed by atoms with Crippen LogP contribution in [0.2, 0.25) is 0 Å². The molecule has 1 heterocycles. The summed E-state index contributed by atoms with van der Waals surface area (Å²) < 4.78 is 7.37. The van der Waals surface area contributed by atoms with Gasteiger partial charge in [0.2, 0.25) is 0 Å². The average Bonchev–Trinajstić information content (AvgIpc) is 3.11. The molecule has 2 aromatic rings. The summed E-state index contributed by atoms with van der Waals surface area (Å²) in [5, 5.41) is 4.57. The number of aryl methyl sites for hydroxylation is 1. The lowest BCUT2D eigenvalue weighted by molar-refractivity contribution is -0.0408. The Hall–Kier alpha value is -2.17. The van der Waals surface area contributed by atoms with Crippen molar-refractivity contribution in [3.8, 4) is 17.4 Å². The van der Waals surface area contributed by atoms with E-state index >= 15 is 0 Å². The van der Waals surface area contributed by atoms with E-state index in [9.17, 15) is 4.79 Å². The van der Waals surface area contributed by atoms with Crippen molar-refractivity contribution in [1.82, 2.24) is 14.8 Å². The zero-order valence-corrected chi connectivity index (χ0v) is 17.6. The molecule has 4 aliphatic carbocycles. The van der Waals surface area contributed by atoms with Gasteiger partial charge in [0.05, 0.1) is 12.0 Å². The summed E-state index contributed by atoms with van der Waals surface area (Å²) in [4.78, 5) is 18.5. The van der Waals surface area contributed by atoms with Crippen LogP contribution in [0.5, 0.6) is 6.01 Å². The standard InChI is InChI=1S/C24H31N3O2/c1-3-4-9-29-23-25-21(20-7-5-16(2)6-8-20)27(26-23)22(28)24-13-17-10-18(14-24)12-19(11-17)15-24/h5-8,17-19H,3-4,9-15H2,1-2H3. The highest BCUT2D eigenvalue weighted by Crippen LogP contribution is 2.60. The maximum absolute atomic E-state index is 13.9. The number of unbranched alkanes of at least 4 members (excludes halogenated alkanes) is 1. The zero-order chi connectivity index (χ0) is 20.0. The van der Waals surface area contributed by atoms with Gasteiger partial charge < -0.3 is 4.74 Å². The molecular weight excluding hydrogens is 362 g/mol. The van der Waals surface area contributed by atoms with Crippen LogP contribution in [0.15, 0.2) is 24.3 Å². The highest BCUT2D eigenvalue weighted by Gasteiger charge is 2.55. The van der Waals surface area contributed by atoms with Crippen molar-refractivity contribution in [3.05, 3.63) is 29.8 Å². The summed E-state index contributed by atoms with van der Waals surface area (Å²) >= 11 is 0. The van der Waals surface area contributed by atoms with E-state index in [1.807, 2.05) is 12.1 Å². The van der Waals surface area contributed by atoms with Crippen molar-refractivity contribution >= 4 is 5.91 Å². The van der Waals surface area contributed by atoms with Crippen molar-refractivity contribution in [2.45, 2.75) is 65.2 Å². The number of aromatic nitrogens is 3. The molecule has 0 radical (unpaired) electrons. The molecule has 5 nitrogen and oxygen atoms in total. The van der Waals surface area contributed by atoms with Gasteiger partial charge in [-0.05, 0) is 69.6 Å². The first-order valence-corrected chi connectivity index (χ1v) is 11.3. The molecule has 0 amide bonds. The third-order valence-electron chi connectivity index (χ3n) is 7.31. The highest BCUT2D eigenvalue weighted by molar-refractivity contribution is 5.88. The number of carbonyl (C=O) groups is 1. The summed E-state index contributed by atoms with van der Waals surface area (Å²) in [6.07, 6.45) is 9.04. The molecule has 0 unspecified atom stereocenters. The monoisotopic (exact) mass is 393 g/mol. The molecule has 5 heteroatoms. The van der Waals surface area contributed by atoms with E-state index in [4.69, 9.17) is 4.74 Å². The molecule has 0 spiro atoms. The lowest BCUT2D eigenvalue weighted by atomic mass is 9.49. The van der Waals surface area contributed by atoms with Gasteiger partial charge in [-0.2, -0.15) is 9.67 Å². The van der Waals surface area contributed by atoms with Gasteiger partial charge in [-0.3, -0.25) is 4.79 Å². The Kier molecular flexibility index (Phi) is 4.72. The number of nitrogens with zero attached hydrogens (tertiary/aromatic N) is 3. The molecular formula is C24H31N3O2. The average molecular weight is 394 g/mol. The Bertz CT molecular complexity index is 864. The maximum atomic E-state index is 13.9. The van der Waals surface area contributed by atoms with E-state index in [2.05, 4.69) is 36.1 Å². The Labute approximate surface area is 172 Å². The van der Waals surface area contributed by atoms with E-state index in [1.54, 1.807) is 4.68 Å². The van der Waals surface area contributed by atoms with Crippen LogP contribution in [0.1, 0.15) is 68.6 Å². The largest absolute Gasteiger partial charge is 0.462 e. The third kappa shape index (κ3) is 3.38. The van der Waals surface area contributed by atoms with E-state index in [0.29, 0.717) is 18.4 Å². The predicted octanol–water partition coefficient (Wildman–Crippen LogP) is 5.29. The molecule has 4 saturated carbocycles. The van der Waals surface area contributed by atoms with E-state index in [-0.39, 0.29) is 11.3 Å². The first-order valence-electron chi connectivity index (χ1n) is 11.3. The van der Waals surface area contributed by atoms with Crippen LogP contribution in [0.25, 0.3) is 11.4 Å². The van der Waals surface area contributed by atoms with Crippen LogP contribution in [0, 0.1) is 30.1 Å². The molecule has 0 atom stereocenters. The van der Waals surface area contributed by atoms with Gasteiger partial charge in [-0.25, -0.2) is 0 Å². The van der Waals surface area contributed by atoms with Crippen molar-refractivity contribution in [1.29, 1.82) is 0 Å². The first kappa shape index (κ1) is 18.8. The van der Waals surface area contributed by atoms with Crippen LogP contribution < -0.4 is 4.74 Å². The minimum Gasteiger partial charge on any atom is -0.462 e. The Morgan fingerprint density at radius 2 is 1.72 bits per heavy atom. The quantitative estimate of drug-likeness (QED) is 0.626. The molecule has 29 heavy (non-hydrogen) atoms. The third-order valence-corrected chi connectivity index (χ3v) is 7.31. The molecule has 0 aliphatic heterocycles. The van der Waals surface area contributed by atoms with Gasteiger partial charge in [0.15, 0.2) is 5.82 Å². The van der Waals surface area contributed by atoms with Crippen molar-refractivity contribution in [3.63, 3.8) is 0 Å². The number of rotatable bonds is 6. The molecule has 154 valence electrons. The summed E-state index contributed by atoms with van der Waals surface area (Å²) in [7, 11) is 0. The lowest BCUT2D eigenvalue weighted by Crippen LogP contribution is -2.51. The number of hydrogen-bond acceptors (Lipinski definition) is 4. The van der Waals surface area contributed by atoms with Crippen molar-refractivity contribution in [2.24, 2.45) is 23.2 Å². The number of ether oxygens (including phenoxy) is 1. The normalized spacial score (nSPS) is 29.9. The molecule has 4 bridgehead atoms. The second-order valence-electron chi connectivity index (χ2n) is 9.70. The SMILES string of the molecule is CCCCOc1nc(-c2ccc(C)cc2)n(C(=O)C23CC4CC(CC(C4)C2)C3)n1. The predicted molar refractivity (Wildman–Crippen MR) is 112 cm³/mol. The van der Waals surface area contributed by atoms with Gasteiger partial charge in [0.25, 0.3) is 5.91 Å². The summed E-state index contributed by atoms with van der Waals surface area (Å²) in [6, 6.07) is 8.49. The molecule has 4 aliphatic rings. The molecule has 4 fully saturated rings. The minimum absolute atomic E-state index is 0.144. The lowest BCUT2D eigenvalue weighted by Gasteiger charge is -2.55. The molecule has 6 rings (SSSR count). The smallest absolute Gasteiger partial charge is 0.336 e. The Morgan fingerprint density at radius 3 is 2.31 bits per heavy atom. The fraction of sp³-hybridized carbons (Fsp3) is 0.625. The van der Waals surface area contributed by atoms with Crippen LogP contribution in [-0.2, 0) is 0 Å². The van der Waals surface area contributed by atoms with Gasteiger partial charge in [-0.15, -0.1) is 5.10 Å². The maximum Gasteiger partial charge on any atom is 0.336 e. The van der Waals surface area contributed by atoms with E-state index in [1.165, 1.54) is 24.8 Å². The summed E-state index contributed by atoms with van der Waals surface area (Å²) in [6.45, 7) is 4.78. The van der Waals surface area contributed by atoms with Crippen LogP contribution >= 0.6 is 0 Å². The zero-order valence-electron chi connectivity index (χ0n) is 17.6. The topological polar surface area (TPSA) is 57.0 Å². The van der Waals surface area contributed by atoms with Crippen molar-refractivity contribution < 1.29 is 9.53 Å². The first-order chi connectivity index (χ1) is 14.1. The van der Waals surface area contributed by atoms with Crippen molar-refractivity contribution in [2.75, 3.05) is 6.61 Å². The Balaban J connectivity index is 1.51. The second kappa shape index (κ2) is 7.26. The molecule has 1 aromatic carbocycles. The summed E-state index contributed by atoms with van der Waals surface area (Å²) in [5.41, 5.74) is 1.86. The summed E-state index contributed by atoms with van der Waals surface area (Å²) in [5.74, 6) is 2.92. The molecule has 0 N–H and O–H groups in total.